The van der Waals surface area contributed by atoms with Gasteiger partial charge in [0.1, 0.15) is 5.82 Å². The number of hydrogen-bond acceptors (Lipinski definition) is 5. The zero-order valence-electron chi connectivity index (χ0n) is 22.6. The Balaban J connectivity index is 1.53. The van der Waals surface area contributed by atoms with Crippen molar-refractivity contribution in [2.75, 3.05) is 42.7 Å². The summed E-state index contributed by atoms with van der Waals surface area (Å²) in [4.78, 5) is 12.8. The number of aromatic nitrogens is 1. The normalized spacial score (nSPS) is 28.6. The zero-order valence-corrected chi connectivity index (χ0v) is 16.2. The average molecular weight is 421 g/mol. The van der Waals surface area contributed by atoms with E-state index in [-0.39, 0.29) is 36.1 Å². The van der Waals surface area contributed by atoms with Crippen LogP contribution >= 0.6 is 23.1 Å². The van der Waals surface area contributed by atoms with E-state index in [0.29, 0.717) is 36.7 Å². The van der Waals surface area contributed by atoms with Gasteiger partial charge in [0.2, 0.25) is 5.91 Å². The smallest absolute Gasteiger partial charge is 0.228 e. The third-order valence-electron chi connectivity index (χ3n) is 4.67. The fraction of sp³-hybridized carbons (Fsp3) is 0.333. The van der Waals surface area contributed by atoms with Gasteiger partial charge in [0.15, 0.2) is 0 Å². The Kier molecular flexibility index (Phi) is 2.93. The molecule has 5 nitrogen and oxygen atoms in total. The van der Waals surface area contributed by atoms with Gasteiger partial charge in [0.05, 0.1) is 16.6 Å². The quantitative estimate of drug-likeness (QED) is 0.697. The first-order valence-electron chi connectivity index (χ1n) is 12.7. The van der Waals surface area contributed by atoms with E-state index in [4.69, 9.17) is 22.6 Å². The predicted octanol–water partition coefficient (Wildman–Crippen LogP) is 3.81. The Labute approximate surface area is 184 Å². The minimum Gasteiger partial charge on any atom is -0.353 e. The minimum absolute atomic E-state index is 0.00507. The summed E-state index contributed by atoms with van der Waals surface area (Å²) in [5.74, 6) is -0.338. The first-order chi connectivity index (χ1) is 16.7. The molecule has 5 rings (SSSR count). The molecule has 0 radical (unpaired) electrons. The molecule has 0 aliphatic carbocycles. The van der Waals surface area contributed by atoms with Gasteiger partial charge in [-0.25, -0.2) is 0 Å². The number of nitrogens with one attached hydrogen (secondary N) is 1. The van der Waals surface area contributed by atoms with Crippen molar-refractivity contribution in [2.45, 2.75) is 12.8 Å². The summed E-state index contributed by atoms with van der Waals surface area (Å²) < 4.78 is 74.4. The summed E-state index contributed by atoms with van der Waals surface area (Å²) in [6.45, 7) is -12.3. The van der Waals surface area contributed by atoms with Crippen LogP contribution in [0.1, 0.15) is 22.1 Å². The number of amides is 1. The second-order valence-corrected chi connectivity index (χ2v) is 7.72. The van der Waals surface area contributed by atoms with Crippen LogP contribution in [0.25, 0.3) is 10.1 Å². The van der Waals surface area contributed by atoms with E-state index in [0.717, 1.165) is 11.5 Å². The fourth-order valence-corrected chi connectivity index (χ4v) is 4.27. The second-order valence-electron chi connectivity index (χ2n) is 6.51. The standard InChI is InChI=1S/C21H21ClN4OS/c22-17-13-18-15(12-20(27)23-18)11-14(17)5-6-25-7-9-26(10-8-25)21-16-3-1-2-4-19(16)28-24-21/h1-4,11,13H,5-10,12H2,(H,23,27)/i7D2,8D2,9D2,10D2. The van der Waals surface area contributed by atoms with Crippen LogP contribution in [0.4, 0.5) is 11.5 Å². The van der Waals surface area contributed by atoms with Crippen molar-refractivity contribution in [1.82, 2.24) is 9.27 Å². The van der Waals surface area contributed by atoms with Gasteiger partial charge >= 0.3 is 0 Å². The highest BCUT2D eigenvalue weighted by atomic mass is 35.5. The SMILES string of the molecule is [2H]C1([2H])N(CCc2cc3c(cc2Cl)NC(=O)C3)C([2H])([2H])C([2H])([2H])N(c2nsc3ccccc23)C1([2H])[2H]. The Morgan fingerprint density at radius 1 is 1.21 bits per heavy atom. The molecule has 28 heavy (non-hydrogen) atoms. The average Bonchev–Trinajstić information content (AvgIpc) is 3.35. The third kappa shape index (κ3) is 3.36. The maximum atomic E-state index is 11.7. The highest BCUT2D eigenvalue weighted by Gasteiger charge is 2.22. The predicted molar refractivity (Wildman–Crippen MR) is 116 cm³/mol. The first kappa shape index (κ1) is 11.1. The van der Waals surface area contributed by atoms with Gasteiger partial charge < -0.3 is 10.2 Å². The van der Waals surface area contributed by atoms with Gasteiger partial charge in [-0.05, 0) is 47.3 Å². The molecule has 1 aromatic heterocycles. The van der Waals surface area contributed by atoms with Crippen LogP contribution < -0.4 is 10.2 Å². The van der Waals surface area contributed by atoms with E-state index >= 15 is 0 Å². The summed E-state index contributed by atoms with van der Waals surface area (Å²) in [7, 11) is 0. The molecule has 0 spiro atoms. The topological polar surface area (TPSA) is 48.5 Å². The molecule has 2 aromatic carbocycles. The van der Waals surface area contributed by atoms with Gasteiger partial charge in [-0.3, -0.25) is 9.69 Å². The van der Waals surface area contributed by atoms with Crippen LogP contribution in [0.5, 0.6) is 0 Å². The molecule has 2 aliphatic rings. The van der Waals surface area contributed by atoms with E-state index in [9.17, 15) is 4.79 Å². The molecular formula is C21H21ClN4OS. The van der Waals surface area contributed by atoms with Gasteiger partial charge in [-0.2, -0.15) is 4.37 Å². The molecule has 1 N–H and O–H groups in total. The summed E-state index contributed by atoms with van der Waals surface area (Å²) >= 11 is 7.35. The van der Waals surface area contributed by atoms with E-state index in [1.807, 2.05) is 0 Å². The number of benzene rings is 2. The Hall–Kier alpha value is -2.15. The van der Waals surface area contributed by atoms with Crippen LogP contribution in [0.3, 0.4) is 0 Å². The third-order valence-corrected chi connectivity index (χ3v) is 5.83. The van der Waals surface area contributed by atoms with E-state index < -0.39 is 26.0 Å². The lowest BCUT2D eigenvalue weighted by Gasteiger charge is -2.35. The van der Waals surface area contributed by atoms with Crippen molar-refractivity contribution in [1.29, 1.82) is 0 Å². The highest BCUT2D eigenvalue weighted by molar-refractivity contribution is 7.13. The number of fused-ring (bicyclic) bond motifs is 2. The van der Waals surface area contributed by atoms with Gasteiger partial charge in [0.25, 0.3) is 0 Å². The molecule has 3 aromatic rings. The van der Waals surface area contributed by atoms with Crippen LogP contribution in [0, 0.1) is 0 Å². The lowest BCUT2D eigenvalue weighted by atomic mass is 10.1. The minimum atomic E-state index is -3.00. The molecule has 0 atom stereocenters. The molecule has 1 saturated heterocycles. The number of piperazine rings is 1. The molecular weight excluding hydrogens is 392 g/mol. The number of anilines is 2. The Bertz CT molecular complexity index is 1350. The number of carbonyl (C=O) groups excluding carboxylic acids is 1. The second kappa shape index (κ2) is 7.35. The van der Waals surface area contributed by atoms with Crippen LogP contribution in [0.15, 0.2) is 36.4 Å². The number of rotatable bonds is 4. The molecule has 7 heteroatoms. The van der Waals surface area contributed by atoms with E-state index in [1.54, 1.807) is 36.4 Å². The lowest BCUT2D eigenvalue weighted by molar-refractivity contribution is -0.115. The fourth-order valence-electron chi connectivity index (χ4n) is 3.25. The van der Waals surface area contributed by atoms with Crippen molar-refractivity contribution in [3.8, 4) is 0 Å². The van der Waals surface area contributed by atoms with Crippen LogP contribution in [-0.2, 0) is 17.6 Å². The number of nitrogens with zero attached hydrogens (tertiary/aromatic N) is 3. The molecule has 3 heterocycles. The Morgan fingerprint density at radius 2 is 2.04 bits per heavy atom. The maximum absolute atomic E-state index is 11.7. The number of carbonyl (C=O) groups is 1. The first-order valence-corrected chi connectivity index (χ1v) is 9.88. The Morgan fingerprint density at radius 3 is 2.89 bits per heavy atom. The maximum Gasteiger partial charge on any atom is 0.228 e. The number of hydrogen-bond donors (Lipinski definition) is 1. The molecule has 0 bridgehead atoms. The van der Waals surface area contributed by atoms with E-state index in [2.05, 4.69) is 9.69 Å². The van der Waals surface area contributed by atoms with Crippen molar-refractivity contribution >= 4 is 50.6 Å². The van der Waals surface area contributed by atoms with Crippen molar-refractivity contribution < 1.29 is 15.8 Å². The molecule has 0 saturated carbocycles. The molecule has 2 aliphatic heterocycles. The van der Waals surface area contributed by atoms with Crippen LogP contribution in [-0.4, -0.2) is 47.7 Å². The van der Waals surface area contributed by atoms with Gasteiger partial charge in [-0.15, -0.1) is 0 Å². The molecule has 1 amide bonds. The highest BCUT2D eigenvalue weighted by Crippen LogP contribution is 2.31. The molecule has 0 unspecified atom stereocenters. The monoisotopic (exact) mass is 420 g/mol. The number of halogens is 1. The molecule has 1 fully saturated rings. The summed E-state index contributed by atoms with van der Waals surface area (Å²) in [6, 6.07) is 10.0. The summed E-state index contributed by atoms with van der Waals surface area (Å²) in [6.07, 6.45) is 0.164. The van der Waals surface area contributed by atoms with Gasteiger partial charge in [0, 0.05) is 54.1 Å². The molecule has 144 valence electrons. The van der Waals surface area contributed by atoms with Crippen LogP contribution in [0.2, 0.25) is 5.02 Å². The zero-order chi connectivity index (χ0) is 26.3. The van der Waals surface area contributed by atoms with Gasteiger partial charge in [-0.1, -0.05) is 29.8 Å². The largest absolute Gasteiger partial charge is 0.353 e. The van der Waals surface area contributed by atoms with Crippen molar-refractivity contribution in [3.05, 3.63) is 52.5 Å². The van der Waals surface area contributed by atoms with E-state index in [1.165, 1.54) is 0 Å². The lowest BCUT2D eigenvalue weighted by Crippen LogP contribution is -2.47. The summed E-state index contributed by atoms with van der Waals surface area (Å²) in [5, 5.41) is 3.38. The van der Waals surface area contributed by atoms with Crippen molar-refractivity contribution in [3.63, 3.8) is 0 Å². The van der Waals surface area contributed by atoms with Crippen molar-refractivity contribution in [2.24, 2.45) is 0 Å². The summed E-state index contributed by atoms with van der Waals surface area (Å²) in [5.41, 5.74) is 1.81.